The lowest BCUT2D eigenvalue weighted by atomic mass is 9.95. The third-order valence-electron chi connectivity index (χ3n) is 9.37. The molecule has 3 aliphatic rings. The molecule has 0 N–H and O–H groups in total. The van der Waals surface area contributed by atoms with Gasteiger partial charge in [0.15, 0.2) is 5.82 Å². The molecule has 2 aromatic carbocycles. The summed E-state index contributed by atoms with van der Waals surface area (Å²) in [7, 11) is 1.58. The first kappa shape index (κ1) is 25.6. The van der Waals surface area contributed by atoms with Gasteiger partial charge in [-0.3, -0.25) is 9.48 Å². The van der Waals surface area contributed by atoms with Crippen LogP contribution in [-0.4, -0.2) is 93.8 Å². The summed E-state index contributed by atoms with van der Waals surface area (Å²) in [5, 5.41) is 6.28. The second-order valence-corrected chi connectivity index (χ2v) is 12.9. The molecular formula is C33H38ClFN8O. The Hall–Kier alpha value is -3.76. The Morgan fingerprint density at radius 2 is 1.93 bits per heavy atom. The number of carbonyl (C=O) groups excluding carboxylic acids is 1. The van der Waals surface area contributed by atoms with E-state index >= 15 is 4.39 Å². The van der Waals surface area contributed by atoms with E-state index in [1.165, 1.54) is 11.0 Å². The summed E-state index contributed by atoms with van der Waals surface area (Å²) in [6.45, 7) is 9.00. The number of fused-ring (bicyclic) bond motifs is 2. The Bertz CT molecular complexity index is 1920. The Kier molecular flexibility index (Phi) is 6.21. The predicted molar refractivity (Wildman–Crippen MR) is 174 cm³/mol. The number of nitrogens with zero attached hydrogens (tertiary/aromatic N) is 8. The van der Waals surface area contributed by atoms with Gasteiger partial charge in [-0.15, -0.1) is 0 Å². The highest BCUT2D eigenvalue weighted by molar-refractivity contribution is 6.35. The van der Waals surface area contributed by atoms with Crippen molar-refractivity contribution in [2.24, 2.45) is 0 Å². The molecule has 3 fully saturated rings. The van der Waals surface area contributed by atoms with Crippen LogP contribution in [0.4, 0.5) is 16.2 Å². The highest BCUT2D eigenvalue weighted by Gasteiger charge is 2.36. The maximum absolute atomic E-state index is 17.3. The summed E-state index contributed by atoms with van der Waals surface area (Å²) >= 11 is 7.05. The maximum atomic E-state index is 17.3. The molecule has 4 heterocycles. The molecule has 0 radical (unpaired) electrons. The summed E-state index contributed by atoms with van der Waals surface area (Å²) in [5.41, 5.74) is 2.83. The smallest absolute Gasteiger partial charge is 0.246 e. The summed E-state index contributed by atoms with van der Waals surface area (Å²) in [4.78, 5) is 29.5. The van der Waals surface area contributed by atoms with Crippen LogP contribution >= 0.6 is 11.6 Å². The molecule has 11 heteroatoms. The number of anilines is 2. The first-order valence-electron chi connectivity index (χ1n) is 16.6. The van der Waals surface area contributed by atoms with Crippen LogP contribution < -0.4 is 9.80 Å². The molecule has 9 nitrogen and oxygen atoms in total. The number of hydrogen-bond acceptors (Lipinski definition) is 7. The van der Waals surface area contributed by atoms with Crippen LogP contribution in [-0.2, 0) is 4.79 Å². The summed E-state index contributed by atoms with van der Waals surface area (Å²) in [6, 6.07) is 5.45. The van der Waals surface area contributed by atoms with Crippen LogP contribution in [0.1, 0.15) is 42.4 Å². The molecule has 2 aromatic heterocycles. The number of aromatic nitrogens is 4. The fourth-order valence-electron chi connectivity index (χ4n) is 6.62. The summed E-state index contributed by atoms with van der Waals surface area (Å²) in [6.07, 6.45) is 5.18. The molecule has 0 spiro atoms. The van der Waals surface area contributed by atoms with Crippen molar-refractivity contribution in [1.29, 1.82) is 0 Å². The first-order valence-corrected chi connectivity index (χ1v) is 15.5. The number of carbonyl (C=O) groups is 1. The molecule has 44 heavy (non-hydrogen) atoms. The third-order valence-corrected chi connectivity index (χ3v) is 9.67. The zero-order valence-electron chi connectivity index (χ0n) is 28.4. The van der Waals surface area contributed by atoms with Crippen molar-refractivity contribution in [1.82, 2.24) is 29.5 Å². The van der Waals surface area contributed by atoms with Crippen molar-refractivity contribution in [3.05, 3.63) is 53.5 Å². The molecule has 2 atom stereocenters. The summed E-state index contributed by atoms with van der Waals surface area (Å²) < 4.78 is 42.7. The van der Waals surface area contributed by atoms with Gasteiger partial charge in [0.05, 0.1) is 22.8 Å². The van der Waals surface area contributed by atoms with Crippen molar-refractivity contribution >= 4 is 51.1 Å². The van der Waals surface area contributed by atoms with E-state index < -0.39 is 12.8 Å². The third kappa shape index (κ3) is 4.61. The Morgan fingerprint density at radius 3 is 2.64 bits per heavy atom. The van der Waals surface area contributed by atoms with E-state index in [0.717, 1.165) is 29.3 Å². The van der Waals surface area contributed by atoms with Crippen LogP contribution in [0.3, 0.4) is 0 Å². The molecule has 1 saturated carbocycles. The van der Waals surface area contributed by atoms with Crippen molar-refractivity contribution in [2.75, 3.05) is 50.0 Å². The van der Waals surface area contributed by atoms with Crippen LogP contribution in [0, 0.1) is 12.7 Å². The van der Waals surface area contributed by atoms with Gasteiger partial charge in [0.1, 0.15) is 11.3 Å². The van der Waals surface area contributed by atoms with Gasteiger partial charge in [-0.1, -0.05) is 30.3 Å². The quantitative estimate of drug-likeness (QED) is 0.266. The number of amides is 1. The van der Waals surface area contributed by atoms with E-state index in [2.05, 4.69) is 16.6 Å². The minimum absolute atomic E-state index is 0.135. The van der Waals surface area contributed by atoms with Crippen molar-refractivity contribution in [2.45, 2.75) is 57.8 Å². The molecule has 230 valence electrons. The fourth-order valence-corrected chi connectivity index (χ4v) is 6.91. The van der Waals surface area contributed by atoms with Gasteiger partial charge in [0, 0.05) is 70.3 Å². The minimum atomic E-state index is -2.23. The number of benzene rings is 2. The molecule has 1 amide bonds. The van der Waals surface area contributed by atoms with Gasteiger partial charge in [-0.2, -0.15) is 10.1 Å². The lowest BCUT2D eigenvalue weighted by Crippen LogP contribution is -2.59. The number of rotatable bonds is 6. The second kappa shape index (κ2) is 10.7. The van der Waals surface area contributed by atoms with E-state index in [1.807, 2.05) is 48.7 Å². The largest absolute Gasteiger partial charge is 0.349 e. The number of likely N-dealkylation sites (N-methyl/N-ethyl adjacent to an activating group) is 1. The van der Waals surface area contributed by atoms with Gasteiger partial charge in [0.2, 0.25) is 11.9 Å². The Morgan fingerprint density at radius 1 is 1.16 bits per heavy atom. The van der Waals surface area contributed by atoms with Crippen molar-refractivity contribution in [3.63, 3.8) is 0 Å². The van der Waals surface area contributed by atoms with Crippen LogP contribution in [0.25, 0.3) is 32.9 Å². The highest BCUT2D eigenvalue weighted by Crippen LogP contribution is 2.45. The van der Waals surface area contributed by atoms with Gasteiger partial charge in [-0.05, 0) is 65.3 Å². The number of halogens is 2. The fraction of sp³-hybridized carbons (Fsp3) is 0.455. The predicted octanol–water partition coefficient (Wildman–Crippen LogP) is 5.44. The molecule has 4 aromatic rings. The minimum Gasteiger partial charge on any atom is -0.349 e. The normalized spacial score (nSPS) is 22.3. The van der Waals surface area contributed by atoms with Crippen LogP contribution in [0.5, 0.6) is 0 Å². The van der Waals surface area contributed by atoms with Crippen LogP contribution in [0.15, 0.2) is 37.1 Å². The highest BCUT2D eigenvalue weighted by atomic mass is 35.5. The Balaban J connectivity index is 1.39. The number of piperazine rings is 1. The standard InChI is InChI=1S/C33H38ClFN8O/c1-7-26(44)41-14-20(4)42(15-19(41)3)32-24-12-25(34)28(27-18(2)8-9-21-13-36-43(31(21)27)22-10-11-22)29(35)30(24)37-33(38-32)40-16-23(17-40)39(5)6/h7-9,12-13,19-20,22-23H,1,10-11,14-17H2,2-6H3/t19-,20+/m1/s1/i5D3. The lowest BCUT2D eigenvalue weighted by Gasteiger charge is -2.45. The lowest BCUT2D eigenvalue weighted by molar-refractivity contribution is -0.128. The molecular weight excluding hydrogens is 579 g/mol. The topological polar surface area (TPSA) is 73.6 Å². The van der Waals surface area contributed by atoms with Crippen molar-refractivity contribution in [3.8, 4) is 11.1 Å². The molecule has 2 aliphatic heterocycles. The van der Waals surface area contributed by atoms with Gasteiger partial charge in [0.25, 0.3) is 0 Å². The van der Waals surface area contributed by atoms with Crippen LogP contribution in [0.2, 0.25) is 5.02 Å². The monoisotopic (exact) mass is 619 g/mol. The first-order chi connectivity index (χ1) is 22.3. The van der Waals surface area contributed by atoms with Crippen molar-refractivity contribution < 1.29 is 13.3 Å². The van der Waals surface area contributed by atoms with Gasteiger partial charge >= 0.3 is 0 Å². The van der Waals surface area contributed by atoms with E-state index in [0.29, 0.717) is 48.9 Å². The Labute approximate surface area is 266 Å². The molecule has 0 bridgehead atoms. The molecule has 2 saturated heterocycles. The number of aryl methyl sites for hydroxylation is 1. The molecule has 7 rings (SSSR count). The number of hydrogen-bond donors (Lipinski definition) is 0. The van der Waals surface area contributed by atoms with E-state index in [9.17, 15) is 4.79 Å². The van der Waals surface area contributed by atoms with E-state index in [1.54, 1.807) is 18.0 Å². The van der Waals surface area contributed by atoms with Gasteiger partial charge in [-0.25, -0.2) is 9.37 Å². The molecule has 0 unspecified atom stereocenters. The van der Waals surface area contributed by atoms with E-state index in [4.69, 9.17) is 25.7 Å². The average molecular weight is 620 g/mol. The average Bonchev–Trinajstić information content (AvgIpc) is 3.76. The SMILES string of the molecule is [2H]C([2H])([2H])N(C)C1CN(c2nc(N3C[C@@H](C)N(C(=O)C=C)C[C@@H]3C)c3cc(Cl)c(-c4c(C)ccc5cnn(C6CC6)c45)c(F)c3n2)C1. The van der Waals surface area contributed by atoms with Gasteiger partial charge < -0.3 is 19.6 Å². The van der Waals surface area contributed by atoms with E-state index in [-0.39, 0.29) is 46.2 Å². The zero-order chi connectivity index (χ0) is 33.5. The maximum Gasteiger partial charge on any atom is 0.246 e. The zero-order valence-corrected chi connectivity index (χ0v) is 26.1. The molecule has 1 aliphatic carbocycles. The second-order valence-electron chi connectivity index (χ2n) is 12.5. The summed E-state index contributed by atoms with van der Waals surface area (Å²) in [5.74, 6) is 0.149.